The normalized spacial score (nSPS) is 22.6. The number of hydrogen-bond acceptors (Lipinski definition) is 8. The number of anilines is 1. The molecule has 188 valence electrons. The van der Waals surface area contributed by atoms with Crippen LogP contribution in [0.5, 0.6) is 0 Å². The second-order valence-electron chi connectivity index (χ2n) is 9.78. The fraction of sp³-hybridized carbons (Fsp3) is 0.520. The molecule has 4 N–H and O–H groups in total. The van der Waals surface area contributed by atoms with E-state index in [1.165, 1.54) is 0 Å². The molecule has 0 amide bonds. The number of nitrogens with two attached hydrogens (primary N) is 2. The van der Waals surface area contributed by atoms with Gasteiger partial charge in [-0.1, -0.05) is 0 Å². The van der Waals surface area contributed by atoms with Crippen LogP contribution >= 0.6 is 0 Å². The van der Waals surface area contributed by atoms with Crippen molar-refractivity contribution in [1.29, 1.82) is 0 Å². The van der Waals surface area contributed by atoms with Crippen molar-refractivity contribution in [2.24, 2.45) is 17.5 Å². The van der Waals surface area contributed by atoms with Crippen LogP contribution in [0.4, 0.5) is 5.82 Å². The Bertz CT molecular complexity index is 1250. The maximum atomic E-state index is 12.2. The van der Waals surface area contributed by atoms with E-state index in [1.807, 2.05) is 20.0 Å². The van der Waals surface area contributed by atoms with E-state index in [9.17, 15) is 4.55 Å². The third-order valence-electron chi connectivity index (χ3n) is 7.12. The molecule has 9 nitrogen and oxygen atoms in total. The van der Waals surface area contributed by atoms with Gasteiger partial charge in [-0.3, -0.25) is 4.98 Å². The summed E-state index contributed by atoms with van der Waals surface area (Å²) in [5.41, 5.74) is 11.3. The molecule has 2 fully saturated rings. The average Bonchev–Trinajstić information content (AvgIpc) is 3.13. The van der Waals surface area contributed by atoms with E-state index in [0.29, 0.717) is 17.4 Å². The smallest absolute Gasteiger partial charge is 0.145 e. The number of hydrogen-bond donors (Lipinski definition) is 2. The second kappa shape index (κ2) is 9.85. The van der Waals surface area contributed by atoms with E-state index >= 15 is 0 Å². The van der Waals surface area contributed by atoms with Crippen LogP contribution in [0.25, 0.3) is 27.8 Å². The van der Waals surface area contributed by atoms with Gasteiger partial charge >= 0.3 is 0 Å². The largest absolute Gasteiger partial charge is 0.616 e. The zero-order valence-corrected chi connectivity index (χ0v) is 21.6. The van der Waals surface area contributed by atoms with Crippen molar-refractivity contribution in [3.05, 3.63) is 35.7 Å². The Labute approximate surface area is 209 Å². The van der Waals surface area contributed by atoms with Crippen LogP contribution < -0.4 is 16.5 Å². The van der Waals surface area contributed by atoms with Crippen LogP contribution in [-0.2, 0) is 22.5 Å². The Balaban J connectivity index is 1.65. The molecule has 35 heavy (non-hydrogen) atoms. The average molecular weight is 498 g/mol. The number of nitrogens with zero attached hydrogens (tertiary/aromatic N) is 5. The van der Waals surface area contributed by atoms with Crippen LogP contribution in [0.2, 0.25) is 0 Å². The lowest BCUT2D eigenvalue weighted by Crippen LogP contribution is -2.45. The van der Waals surface area contributed by atoms with Crippen LogP contribution in [0.3, 0.4) is 0 Å². The maximum Gasteiger partial charge on any atom is 0.145 e. The molecule has 2 saturated heterocycles. The highest BCUT2D eigenvalue weighted by Gasteiger charge is 2.29. The Morgan fingerprint density at radius 1 is 1.31 bits per heavy atom. The van der Waals surface area contributed by atoms with Gasteiger partial charge in [-0.25, -0.2) is 10.8 Å². The maximum absolute atomic E-state index is 12.2. The van der Waals surface area contributed by atoms with E-state index in [2.05, 4.69) is 27.7 Å². The molecule has 5 heterocycles. The molecule has 5 rings (SSSR count). The van der Waals surface area contributed by atoms with Crippen molar-refractivity contribution in [3.8, 4) is 0 Å². The highest BCUT2D eigenvalue weighted by Crippen LogP contribution is 2.33. The van der Waals surface area contributed by atoms with Gasteiger partial charge in [0.15, 0.2) is 0 Å². The van der Waals surface area contributed by atoms with Crippen LogP contribution in [0, 0.1) is 5.92 Å². The topological polar surface area (TPSA) is 122 Å². The van der Waals surface area contributed by atoms with Crippen molar-refractivity contribution in [2.75, 3.05) is 44.0 Å². The van der Waals surface area contributed by atoms with Gasteiger partial charge in [-0.05, 0) is 62.0 Å². The highest BCUT2D eigenvalue weighted by atomic mass is 32.2. The predicted octanol–water partition coefficient (Wildman–Crippen LogP) is 2.42. The van der Waals surface area contributed by atoms with E-state index in [4.69, 9.17) is 26.3 Å². The summed E-state index contributed by atoms with van der Waals surface area (Å²) in [6.07, 6.45) is 3.90. The minimum absolute atomic E-state index is 0.136. The SMILES string of the molecule is C/C(N)=C(\c1cnc2c3ccc(N4CC[S+]([O-])C(C)C4)nc3n(CC3CCOCC3)c2c1)N(C)N. The van der Waals surface area contributed by atoms with Crippen molar-refractivity contribution in [1.82, 2.24) is 19.5 Å². The molecule has 0 saturated carbocycles. The Hall–Kier alpha value is -2.53. The van der Waals surface area contributed by atoms with E-state index < -0.39 is 11.2 Å². The first-order chi connectivity index (χ1) is 16.8. The third-order valence-corrected chi connectivity index (χ3v) is 8.76. The third kappa shape index (κ3) is 4.67. The van der Waals surface area contributed by atoms with Gasteiger partial charge in [-0.15, -0.1) is 0 Å². The summed E-state index contributed by atoms with van der Waals surface area (Å²) in [5, 5.41) is 2.71. The van der Waals surface area contributed by atoms with Crippen LogP contribution in [0.1, 0.15) is 32.3 Å². The summed E-state index contributed by atoms with van der Waals surface area (Å²) in [6.45, 7) is 7.85. The molecule has 0 bridgehead atoms. The van der Waals surface area contributed by atoms with Crippen molar-refractivity contribution in [3.63, 3.8) is 0 Å². The van der Waals surface area contributed by atoms with Gasteiger partial charge in [0.2, 0.25) is 0 Å². The zero-order chi connectivity index (χ0) is 24.7. The molecule has 0 aliphatic carbocycles. The first-order valence-electron chi connectivity index (χ1n) is 12.3. The Kier molecular flexibility index (Phi) is 6.80. The molecule has 0 spiro atoms. The van der Waals surface area contributed by atoms with Gasteiger partial charge in [0.25, 0.3) is 0 Å². The van der Waals surface area contributed by atoms with E-state index in [-0.39, 0.29) is 5.25 Å². The first kappa shape index (κ1) is 24.2. The Morgan fingerprint density at radius 3 is 2.77 bits per heavy atom. The lowest BCUT2D eigenvalue weighted by molar-refractivity contribution is 0.0619. The number of hydrazine groups is 1. The number of ether oxygens (including phenoxy) is 1. The number of allylic oxidation sites excluding steroid dienone is 1. The predicted molar refractivity (Wildman–Crippen MR) is 142 cm³/mol. The Morgan fingerprint density at radius 2 is 2.09 bits per heavy atom. The van der Waals surface area contributed by atoms with Gasteiger partial charge in [0.05, 0.1) is 29.8 Å². The second-order valence-corrected chi connectivity index (χ2v) is 11.8. The van der Waals surface area contributed by atoms with Gasteiger partial charge in [0.1, 0.15) is 22.5 Å². The lowest BCUT2D eigenvalue weighted by atomic mass is 10.0. The van der Waals surface area contributed by atoms with Crippen molar-refractivity contribution >= 4 is 44.8 Å². The molecule has 3 aromatic heterocycles. The zero-order valence-electron chi connectivity index (χ0n) is 20.7. The van der Waals surface area contributed by atoms with Gasteiger partial charge in [0, 0.05) is 49.6 Å². The summed E-state index contributed by atoms with van der Waals surface area (Å²) < 4.78 is 20.1. The number of pyridine rings is 2. The van der Waals surface area contributed by atoms with E-state index in [1.54, 1.807) is 12.1 Å². The molecule has 2 aliphatic heterocycles. The summed E-state index contributed by atoms with van der Waals surface area (Å²) in [5.74, 6) is 8.22. The molecule has 0 aromatic carbocycles. The molecule has 10 heteroatoms. The molecule has 2 aliphatic rings. The molecule has 2 unspecified atom stereocenters. The number of rotatable bonds is 5. The molecular formula is C25H35N7O2S. The fourth-order valence-electron chi connectivity index (χ4n) is 5.29. The number of fused-ring (bicyclic) bond motifs is 3. The van der Waals surface area contributed by atoms with Gasteiger partial charge < -0.3 is 29.5 Å². The summed E-state index contributed by atoms with van der Waals surface area (Å²) in [6, 6.07) is 6.33. The van der Waals surface area contributed by atoms with E-state index in [0.717, 1.165) is 84.8 Å². The molecule has 0 radical (unpaired) electrons. The van der Waals surface area contributed by atoms with Crippen LogP contribution in [0.15, 0.2) is 30.1 Å². The minimum atomic E-state index is -0.769. The summed E-state index contributed by atoms with van der Waals surface area (Å²) in [4.78, 5) is 12.3. The quantitative estimate of drug-likeness (QED) is 0.313. The first-order valence-corrected chi connectivity index (χ1v) is 13.7. The fourth-order valence-corrected chi connectivity index (χ4v) is 6.44. The van der Waals surface area contributed by atoms with Gasteiger partial charge in [-0.2, -0.15) is 0 Å². The van der Waals surface area contributed by atoms with Crippen molar-refractivity contribution in [2.45, 2.75) is 38.5 Å². The minimum Gasteiger partial charge on any atom is -0.616 e. The molecular weight excluding hydrogens is 462 g/mol. The molecule has 3 aromatic rings. The standard InChI is InChI=1S/C25H35N7O2S/c1-16-14-31(8-11-35(16)33)22-5-4-20-23-21(12-19(13-28-23)24(17(2)26)30(3)27)32(25(20)29-22)15-18-6-9-34-10-7-18/h4-5,12-13,16,18H,6-11,14-15,26-27H2,1-3H3/b24-17-. The van der Waals surface area contributed by atoms with Crippen LogP contribution in [-0.4, -0.2) is 68.5 Å². The van der Waals surface area contributed by atoms with Crippen molar-refractivity contribution < 1.29 is 9.29 Å². The molecule has 2 atom stereocenters. The number of aromatic nitrogens is 3. The lowest BCUT2D eigenvalue weighted by Gasteiger charge is -2.33. The monoisotopic (exact) mass is 497 g/mol. The summed E-state index contributed by atoms with van der Waals surface area (Å²) >= 11 is -0.769. The highest BCUT2D eigenvalue weighted by molar-refractivity contribution is 7.92. The summed E-state index contributed by atoms with van der Waals surface area (Å²) in [7, 11) is 1.79.